The number of nitrogens with zero attached hydrogens (tertiary/aromatic N) is 1. The number of hydrazine groups is 1. The van der Waals surface area contributed by atoms with E-state index in [4.69, 9.17) is 11.6 Å². The smallest absolute Gasteiger partial charge is 0.351 e. The highest BCUT2D eigenvalue weighted by molar-refractivity contribution is 6.30. The van der Waals surface area contributed by atoms with E-state index in [2.05, 4.69) is 9.68 Å². The fraction of sp³-hybridized carbons (Fsp3) is 0.154. The number of aromatic nitrogens is 1. The van der Waals surface area contributed by atoms with Crippen LogP contribution in [-0.2, 0) is 6.18 Å². The molecule has 2 aromatic rings. The summed E-state index contributed by atoms with van der Waals surface area (Å²) in [7, 11) is 0. The van der Waals surface area contributed by atoms with E-state index in [1.54, 1.807) is 0 Å². The maximum atomic E-state index is 12.7. The minimum Gasteiger partial charge on any atom is -0.351 e. The van der Waals surface area contributed by atoms with Crippen molar-refractivity contribution >= 4 is 23.4 Å². The topological polar surface area (TPSA) is 84.2 Å². The summed E-state index contributed by atoms with van der Waals surface area (Å²) in [6, 6.07) is 5.67. The molecular formula is C13H9ClF3N3O3. The molecule has 1 heterocycles. The van der Waals surface area contributed by atoms with Gasteiger partial charge >= 0.3 is 6.18 Å². The molecule has 0 fully saturated rings. The van der Waals surface area contributed by atoms with Crippen LogP contribution in [-0.4, -0.2) is 17.0 Å². The van der Waals surface area contributed by atoms with Gasteiger partial charge in [-0.15, -0.1) is 0 Å². The van der Waals surface area contributed by atoms with Crippen LogP contribution >= 0.6 is 11.6 Å². The number of benzene rings is 1. The molecule has 0 unspecified atom stereocenters. The number of carbonyl (C=O) groups is 2. The lowest BCUT2D eigenvalue weighted by molar-refractivity contribution is -0.155. The number of rotatable bonds is 2. The van der Waals surface area contributed by atoms with Crippen LogP contribution in [0.3, 0.4) is 0 Å². The van der Waals surface area contributed by atoms with Crippen LogP contribution in [0.15, 0.2) is 28.8 Å². The van der Waals surface area contributed by atoms with E-state index in [1.807, 2.05) is 10.9 Å². The molecule has 0 radical (unpaired) electrons. The molecule has 1 aromatic carbocycles. The Morgan fingerprint density at radius 1 is 1.13 bits per heavy atom. The molecule has 2 N–H and O–H groups in total. The average molecular weight is 348 g/mol. The van der Waals surface area contributed by atoms with Crippen molar-refractivity contribution in [2.45, 2.75) is 13.1 Å². The number of aryl methyl sites for hydroxylation is 1. The first-order valence-corrected chi connectivity index (χ1v) is 6.47. The summed E-state index contributed by atoms with van der Waals surface area (Å²) in [4.78, 5) is 23.6. The van der Waals surface area contributed by atoms with Crippen molar-refractivity contribution in [1.29, 1.82) is 0 Å². The van der Waals surface area contributed by atoms with E-state index in [0.29, 0.717) is 5.02 Å². The van der Waals surface area contributed by atoms with Gasteiger partial charge in [-0.05, 0) is 31.2 Å². The second-order valence-corrected chi connectivity index (χ2v) is 4.82. The number of hydrogen-bond donors (Lipinski definition) is 2. The number of halogens is 4. The molecule has 2 amide bonds. The standard InChI is InChI=1S/C13H9ClF3N3O3/c1-6-9(10(23-20-6)13(15,16)17)12(22)19-18-11(21)7-2-4-8(14)5-3-7/h2-5H,1H3,(H,18,21)(H,19,22). The molecule has 0 aliphatic rings. The van der Waals surface area contributed by atoms with Crippen LogP contribution in [0.4, 0.5) is 13.2 Å². The normalized spacial score (nSPS) is 11.2. The molecule has 6 nitrogen and oxygen atoms in total. The summed E-state index contributed by atoms with van der Waals surface area (Å²) in [6.07, 6.45) is -4.88. The Labute approximate surface area is 132 Å². The van der Waals surface area contributed by atoms with Crippen molar-refractivity contribution in [2.24, 2.45) is 0 Å². The van der Waals surface area contributed by atoms with Gasteiger partial charge in [-0.25, -0.2) is 0 Å². The number of nitrogens with one attached hydrogen (secondary N) is 2. The third-order valence-corrected chi connectivity index (χ3v) is 3.00. The third-order valence-electron chi connectivity index (χ3n) is 2.74. The lowest BCUT2D eigenvalue weighted by atomic mass is 10.2. The maximum absolute atomic E-state index is 12.7. The van der Waals surface area contributed by atoms with Crippen molar-refractivity contribution in [3.63, 3.8) is 0 Å². The van der Waals surface area contributed by atoms with Crippen LogP contribution in [0.5, 0.6) is 0 Å². The number of carbonyl (C=O) groups excluding carboxylic acids is 2. The van der Waals surface area contributed by atoms with Crippen LogP contribution < -0.4 is 10.9 Å². The molecule has 0 aliphatic carbocycles. The Kier molecular flexibility index (Phi) is 4.60. The molecule has 23 heavy (non-hydrogen) atoms. The van der Waals surface area contributed by atoms with Crippen molar-refractivity contribution in [3.8, 4) is 0 Å². The molecule has 2 rings (SSSR count). The van der Waals surface area contributed by atoms with Gasteiger partial charge in [0.05, 0.1) is 5.69 Å². The quantitative estimate of drug-likeness (QED) is 0.818. The monoisotopic (exact) mass is 347 g/mol. The first-order valence-electron chi connectivity index (χ1n) is 6.10. The van der Waals surface area contributed by atoms with E-state index in [9.17, 15) is 22.8 Å². The maximum Gasteiger partial charge on any atom is 0.453 e. The van der Waals surface area contributed by atoms with Gasteiger partial charge in [-0.2, -0.15) is 13.2 Å². The zero-order valence-electron chi connectivity index (χ0n) is 11.5. The van der Waals surface area contributed by atoms with Crippen LogP contribution in [0.2, 0.25) is 5.02 Å². The second-order valence-electron chi connectivity index (χ2n) is 4.39. The van der Waals surface area contributed by atoms with Gasteiger partial charge in [0.2, 0.25) is 0 Å². The van der Waals surface area contributed by atoms with E-state index in [-0.39, 0.29) is 11.3 Å². The summed E-state index contributed by atoms with van der Waals surface area (Å²) >= 11 is 5.66. The van der Waals surface area contributed by atoms with E-state index in [1.165, 1.54) is 31.2 Å². The van der Waals surface area contributed by atoms with Crippen molar-refractivity contribution < 1.29 is 27.3 Å². The van der Waals surface area contributed by atoms with Gasteiger partial charge in [0, 0.05) is 10.6 Å². The minimum absolute atomic E-state index is 0.160. The summed E-state index contributed by atoms with van der Waals surface area (Å²) in [6.45, 7) is 1.18. The Bertz CT molecular complexity index is 741. The fourth-order valence-corrected chi connectivity index (χ4v) is 1.81. The Morgan fingerprint density at radius 3 is 2.26 bits per heavy atom. The first-order chi connectivity index (χ1) is 10.7. The molecule has 0 atom stereocenters. The molecular weight excluding hydrogens is 339 g/mol. The van der Waals surface area contributed by atoms with Gasteiger partial charge in [0.1, 0.15) is 5.56 Å². The zero-order chi connectivity index (χ0) is 17.2. The predicted molar refractivity (Wildman–Crippen MR) is 72.6 cm³/mol. The molecule has 0 saturated carbocycles. The van der Waals surface area contributed by atoms with Gasteiger partial charge < -0.3 is 4.52 Å². The van der Waals surface area contributed by atoms with Gasteiger partial charge in [-0.1, -0.05) is 16.8 Å². The van der Waals surface area contributed by atoms with E-state index in [0.717, 1.165) is 0 Å². The van der Waals surface area contributed by atoms with Gasteiger partial charge in [0.25, 0.3) is 17.6 Å². The lowest BCUT2D eigenvalue weighted by Crippen LogP contribution is -2.42. The van der Waals surface area contributed by atoms with Crippen LogP contribution in [0.1, 0.15) is 32.2 Å². The minimum atomic E-state index is -4.88. The summed E-state index contributed by atoms with van der Waals surface area (Å²) < 4.78 is 42.3. The molecule has 0 spiro atoms. The second kappa shape index (κ2) is 6.29. The van der Waals surface area contributed by atoms with Crippen molar-refractivity contribution in [1.82, 2.24) is 16.0 Å². The molecule has 122 valence electrons. The molecule has 0 bridgehead atoms. The van der Waals surface area contributed by atoms with Crippen molar-refractivity contribution in [3.05, 3.63) is 51.9 Å². The summed E-state index contributed by atoms with van der Waals surface area (Å²) in [5.41, 5.74) is 2.98. The first kappa shape index (κ1) is 16.8. The lowest BCUT2D eigenvalue weighted by Gasteiger charge is -2.08. The average Bonchev–Trinajstić information content (AvgIpc) is 2.87. The van der Waals surface area contributed by atoms with Crippen molar-refractivity contribution in [2.75, 3.05) is 0 Å². The highest BCUT2D eigenvalue weighted by Crippen LogP contribution is 2.33. The zero-order valence-corrected chi connectivity index (χ0v) is 12.2. The summed E-state index contributed by atoms with van der Waals surface area (Å²) in [5, 5.41) is 3.52. The molecule has 10 heteroatoms. The molecule has 0 aliphatic heterocycles. The number of alkyl halides is 3. The van der Waals surface area contributed by atoms with Gasteiger partial charge in [-0.3, -0.25) is 20.4 Å². The van der Waals surface area contributed by atoms with E-state index >= 15 is 0 Å². The Balaban J connectivity index is 2.10. The van der Waals surface area contributed by atoms with Crippen LogP contribution in [0, 0.1) is 6.92 Å². The largest absolute Gasteiger partial charge is 0.453 e. The fourth-order valence-electron chi connectivity index (χ4n) is 1.68. The Morgan fingerprint density at radius 2 is 1.70 bits per heavy atom. The molecule has 0 saturated heterocycles. The number of amides is 2. The SMILES string of the molecule is Cc1noc(C(F)(F)F)c1C(=O)NNC(=O)c1ccc(Cl)cc1. The highest BCUT2D eigenvalue weighted by Gasteiger charge is 2.42. The summed E-state index contributed by atoms with van der Waals surface area (Å²) in [5.74, 6) is -3.45. The third kappa shape index (κ3) is 3.81. The van der Waals surface area contributed by atoms with E-state index < -0.39 is 29.3 Å². The predicted octanol–water partition coefficient (Wildman–Crippen LogP) is 2.73. The van der Waals surface area contributed by atoms with Gasteiger partial charge in [0.15, 0.2) is 0 Å². The molecule has 1 aromatic heterocycles. The Hall–Kier alpha value is -2.55. The van der Waals surface area contributed by atoms with Crippen LogP contribution in [0.25, 0.3) is 0 Å². The number of hydrogen-bond acceptors (Lipinski definition) is 4. The highest BCUT2D eigenvalue weighted by atomic mass is 35.5.